The number of ketones is 1. The minimum atomic E-state index is -0.191. The molecule has 0 heterocycles. The van der Waals surface area contributed by atoms with E-state index in [-0.39, 0.29) is 28.6 Å². The Morgan fingerprint density at radius 3 is 2.35 bits per heavy atom. The van der Waals surface area contributed by atoms with Crippen molar-refractivity contribution in [2.75, 3.05) is 0 Å². The molecule has 0 fully saturated rings. The molecule has 3 aromatic rings. The zero-order valence-electron chi connectivity index (χ0n) is 12.8. The van der Waals surface area contributed by atoms with E-state index < -0.39 is 0 Å². The summed E-state index contributed by atoms with van der Waals surface area (Å²) >= 11 is 0. The van der Waals surface area contributed by atoms with E-state index in [0.717, 1.165) is 11.1 Å². The Balaban J connectivity index is 0.000000377. The summed E-state index contributed by atoms with van der Waals surface area (Å²) in [4.78, 5) is 11.8. The smallest absolute Gasteiger partial charge is 0.507 e. The van der Waals surface area contributed by atoms with E-state index in [1.54, 1.807) is 18.2 Å². The molecular weight excluding hydrogens is 328 g/mol. The summed E-state index contributed by atoms with van der Waals surface area (Å²) in [5.41, 5.74) is 2.24. The van der Waals surface area contributed by atoms with Gasteiger partial charge >= 0.3 is 17.1 Å². The van der Waals surface area contributed by atoms with Crippen LogP contribution >= 0.6 is 0 Å². The molecule has 3 rings (SSSR count). The molecule has 118 valence electrons. The predicted molar refractivity (Wildman–Crippen MR) is 90.3 cm³/mol. The third-order valence-corrected chi connectivity index (χ3v) is 3.09. The number of aromatic hydroxyl groups is 1. The average Bonchev–Trinajstić information content (AvgIpc) is 3.21. The van der Waals surface area contributed by atoms with Gasteiger partial charge in [-0.15, -0.1) is 12.1 Å². The first kappa shape index (κ1) is 18.7. The quantitative estimate of drug-likeness (QED) is 0.323. The topological polar surface area (TPSA) is 37.3 Å². The Labute approximate surface area is 147 Å². The van der Waals surface area contributed by atoms with Crippen LogP contribution in [0.2, 0.25) is 0 Å². The number of phenols is 1. The minimum absolute atomic E-state index is 0. The number of hydrogen-bond acceptors (Lipinski definition) is 2. The zero-order chi connectivity index (χ0) is 15.8. The molecule has 2 nitrogen and oxygen atoms in total. The van der Waals surface area contributed by atoms with Crippen LogP contribution in [0.25, 0.3) is 6.08 Å². The molecule has 1 N–H and O–H groups in total. The van der Waals surface area contributed by atoms with Crippen molar-refractivity contribution in [1.82, 2.24) is 0 Å². The molecule has 3 heteroatoms. The van der Waals surface area contributed by atoms with Gasteiger partial charge in [0, 0.05) is 0 Å². The average molecular weight is 346 g/mol. The summed E-state index contributed by atoms with van der Waals surface area (Å²) in [6.45, 7) is 1.87. The fourth-order valence-corrected chi connectivity index (χ4v) is 1.93. The monoisotopic (exact) mass is 346 g/mol. The van der Waals surface area contributed by atoms with Gasteiger partial charge in [-0.2, -0.15) is 42.0 Å². The molecule has 3 aromatic carbocycles. The Kier molecular flexibility index (Phi) is 7.82. The second-order valence-electron chi connectivity index (χ2n) is 4.90. The molecule has 0 spiro atoms. The second kappa shape index (κ2) is 9.62. The number of hydrogen-bond donors (Lipinski definition) is 1. The van der Waals surface area contributed by atoms with Gasteiger partial charge in [0.1, 0.15) is 5.75 Å². The maximum atomic E-state index is 11.8. The van der Waals surface area contributed by atoms with E-state index in [1.807, 2.05) is 67.6 Å². The Morgan fingerprint density at radius 2 is 1.83 bits per heavy atom. The van der Waals surface area contributed by atoms with Crippen molar-refractivity contribution >= 4 is 11.9 Å². The molecule has 0 aliphatic carbocycles. The minimum Gasteiger partial charge on any atom is -0.507 e. The first-order valence-electron chi connectivity index (χ1n) is 7.07. The number of benzene rings is 1. The van der Waals surface area contributed by atoms with Crippen LogP contribution in [0.15, 0.2) is 78.9 Å². The molecule has 0 saturated carbocycles. The van der Waals surface area contributed by atoms with Gasteiger partial charge in [0.05, 0.1) is 5.56 Å². The summed E-state index contributed by atoms with van der Waals surface area (Å²) in [5, 5.41) is 9.66. The van der Waals surface area contributed by atoms with Crippen molar-refractivity contribution in [3.8, 4) is 5.75 Å². The molecule has 23 heavy (non-hydrogen) atoms. The van der Waals surface area contributed by atoms with Crippen LogP contribution < -0.4 is 0 Å². The van der Waals surface area contributed by atoms with Crippen LogP contribution in [0.4, 0.5) is 0 Å². The number of allylic oxidation sites excluding steroid dienone is 1. The number of carbonyl (C=O) groups is 1. The van der Waals surface area contributed by atoms with Crippen LogP contribution in [0, 0.1) is 6.92 Å². The number of aryl methyl sites for hydroxylation is 1. The normalized spacial score (nSPS) is 9.78. The van der Waals surface area contributed by atoms with E-state index in [9.17, 15) is 9.90 Å². The fraction of sp³-hybridized carbons (Fsp3) is 0.0500. The Morgan fingerprint density at radius 1 is 1.09 bits per heavy atom. The van der Waals surface area contributed by atoms with E-state index in [4.69, 9.17) is 0 Å². The van der Waals surface area contributed by atoms with Crippen molar-refractivity contribution in [1.29, 1.82) is 0 Å². The van der Waals surface area contributed by atoms with E-state index in [1.165, 1.54) is 6.08 Å². The molecule has 0 radical (unpaired) electrons. The molecule has 0 aliphatic rings. The molecule has 0 saturated heterocycles. The van der Waals surface area contributed by atoms with Gasteiger partial charge in [0.25, 0.3) is 0 Å². The first-order valence-corrected chi connectivity index (χ1v) is 7.07. The molecule has 0 bridgehead atoms. The van der Waals surface area contributed by atoms with Crippen molar-refractivity contribution in [2.45, 2.75) is 6.92 Å². The molecule has 0 amide bonds. The molecule has 0 aliphatic heterocycles. The van der Waals surface area contributed by atoms with Crippen LogP contribution in [0.5, 0.6) is 5.75 Å². The van der Waals surface area contributed by atoms with Crippen molar-refractivity contribution in [3.05, 3.63) is 95.6 Å². The zero-order valence-corrected chi connectivity index (χ0v) is 13.9. The van der Waals surface area contributed by atoms with Crippen LogP contribution in [0.3, 0.4) is 0 Å². The van der Waals surface area contributed by atoms with E-state index in [0.29, 0.717) is 5.56 Å². The SMILES string of the molecule is Cc1ccc(C(=O)C=Cc2ccc[cH-]2)c(O)c1.[Fe+2].c1cc[cH-]c1. The van der Waals surface area contributed by atoms with Gasteiger partial charge in [-0.1, -0.05) is 12.1 Å². The van der Waals surface area contributed by atoms with Crippen molar-refractivity contribution in [2.24, 2.45) is 0 Å². The maximum absolute atomic E-state index is 11.8. The first-order chi connectivity index (χ1) is 10.7. The van der Waals surface area contributed by atoms with Gasteiger partial charge < -0.3 is 5.11 Å². The maximum Gasteiger partial charge on any atom is 2.00 e. The number of phenolic OH excluding ortho intramolecular Hbond substituents is 1. The Bertz CT molecular complexity index is 706. The molecule has 0 unspecified atom stereocenters. The van der Waals surface area contributed by atoms with Gasteiger partial charge in [-0.25, -0.2) is 12.1 Å². The second-order valence-corrected chi connectivity index (χ2v) is 4.90. The van der Waals surface area contributed by atoms with Crippen molar-refractivity contribution < 1.29 is 27.0 Å². The number of rotatable bonds is 3. The predicted octanol–water partition coefficient (Wildman–Crippen LogP) is 4.72. The van der Waals surface area contributed by atoms with Crippen LogP contribution in [-0.4, -0.2) is 10.9 Å². The van der Waals surface area contributed by atoms with E-state index in [2.05, 4.69) is 0 Å². The molecule has 0 atom stereocenters. The Hall–Kier alpha value is -2.35. The standard InChI is InChI=1S/C15H13O2.C5H5.Fe/c1-11-6-8-13(15(17)10-11)14(16)9-7-12-4-2-3-5-12;1-2-4-5-3-1;/h2-10,17H,1H3;1-5H;/q2*-1;+2. The summed E-state index contributed by atoms with van der Waals surface area (Å²) < 4.78 is 0. The third kappa shape index (κ3) is 6.11. The van der Waals surface area contributed by atoms with E-state index >= 15 is 0 Å². The third-order valence-electron chi connectivity index (χ3n) is 3.09. The fourth-order valence-electron chi connectivity index (χ4n) is 1.93. The summed E-state index contributed by atoms with van der Waals surface area (Å²) in [5.74, 6) is -0.161. The van der Waals surface area contributed by atoms with Gasteiger partial charge in [-0.3, -0.25) is 4.79 Å². The van der Waals surface area contributed by atoms with Crippen LogP contribution in [-0.2, 0) is 17.1 Å². The van der Waals surface area contributed by atoms with Gasteiger partial charge in [0.15, 0.2) is 5.78 Å². The van der Waals surface area contributed by atoms with Crippen molar-refractivity contribution in [3.63, 3.8) is 0 Å². The summed E-state index contributed by atoms with van der Waals surface area (Å²) in [7, 11) is 0. The summed E-state index contributed by atoms with van der Waals surface area (Å²) in [6.07, 6.45) is 3.21. The molecule has 0 aromatic heterocycles. The summed E-state index contributed by atoms with van der Waals surface area (Å²) in [6, 6.07) is 22.7. The van der Waals surface area contributed by atoms with Gasteiger partial charge in [-0.05, 0) is 24.6 Å². The number of carbonyl (C=O) groups excluding carboxylic acids is 1. The van der Waals surface area contributed by atoms with Crippen LogP contribution in [0.1, 0.15) is 21.5 Å². The van der Waals surface area contributed by atoms with Gasteiger partial charge in [0.2, 0.25) is 0 Å². The molecular formula is C20H18FeO2. The largest absolute Gasteiger partial charge is 2.00 e.